The van der Waals surface area contributed by atoms with Crippen LogP contribution in [0.4, 0.5) is 0 Å². The first-order chi connectivity index (χ1) is 8.60. The Morgan fingerprint density at radius 2 is 1.94 bits per heavy atom. The zero-order chi connectivity index (χ0) is 13.1. The first-order valence-corrected chi connectivity index (χ1v) is 6.75. The van der Waals surface area contributed by atoms with Gasteiger partial charge in [-0.2, -0.15) is 0 Å². The lowest BCUT2D eigenvalue weighted by atomic mass is 9.82. The van der Waals surface area contributed by atoms with Crippen LogP contribution in [-0.2, 0) is 0 Å². The summed E-state index contributed by atoms with van der Waals surface area (Å²) < 4.78 is 0. The number of hydrogen-bond acceptors (Lipinski definition) is 3. The Morgan fingerprint density at radius 3 is 2.44 bits per heavy atom. The highest BCUT2D eigenvalue weighted by atomic mass is 16.3. The van der Waals surface area contributed by atoms with Crippen LogP contribution < -0.4 is 5.73 Å². The molecule has 1 aromatic carbocycles. The van der Waals surface area contributed by atoms with Crippen molar-refractivity contribution in [3.05, 3.63) is 35.4 Å². The third kappa shape index (κ3) is 3.10. The molecule has 0 spiro atoms. The highest BCUT2D eigenvalue weighted by molar-refractivity contribution is 5.24. The van der Waals surface area contributed by atoms with E-state index in [1.807, 2.05) is 0 Å². The summed E-state index contributed by atoms with van der Waals surface area (Å²) in [7, 11) is 2.13. The number of hydrogen-bond donors (Lipinski definition) is 2. The highest BCUT2D eigenvalue weighted by Crippen LogP contribution is 2.30. The Labute approximate surface area is 110 Å². The number of rotatable bonds is 5. The molecule has 3 nitrogen and oxygen atoms in total. The van der Waals surface area contributed by atoms with Gasteiger partial charge < -0.3 is 10.8 Å². The normalized spacial score (nSPS) is 24.9. The Balaban J connectivity index is 1.96. The molecule has 1 saturated carbocycles. The number of aliphatic hydroxyl groups is 1. The van der Waals surface area contributed by atoms with Crippen LogP contribution in [-0.4, -0.2) is 36.2 Å². The van der Waals surface area contributed by atoms with Gasteiger partial charge in [0.05, 0.1) is 6.10 Å². The van der Waals surface area contributed by atoms with E-state index in [0.29, 0.717) is 12.5 Å². The summed E-state index contributed by atoms with van der Waals surface area (Å²) in [6.45, 7) is 3.75. The summed E-state index contributed by atoms with van der Waals surface area (Å²) in [6, 6.07) is 8.89. The maximum Gasteiger partial charge on any atom is 0.0546 e. The molecule has 1 unspecified atom stereocenters. The Hall–Kier alpha value is -0.900. The van der Waals surface area contributed by atoms with Crippen LogP contribution in [0.3, 0.4) is 0 Å². The van der Waals surface area contributed by atoms with Crippen molar-refractivity contribution in [1.82, 2.24) is 4.90 Å². The predicted molar refractivity (Wildman–Crippen MR) is 74.3 cm³/mol. The molecule has 0 radical (unpaired) electrons. The average molecular weight is 248 g/mol. The number of aliphatic hydroxyl groups excluding tert-OH is 1. The van der Waals surface area contributed by atoms with Gasteiger partial charge in [0.1, 0.15) is 0 Å². The van der Waals surface area contributed by atoms with Crippen LogP contribution >= 0.6 is 0 Å². The molecule has 3 heteroatoms. The second kappa shape index (κ2) is 5.83. The van der Waals surface area contributed by atoms with Crippen molar-refractivity contribution in [2.24, 2.45) is 11.7 Å². The molecule has 100 valence electrons. The van der Waals surface area contributed by atoms with Crippen LogP contribution in [0, 0.1) is 12.8 Å². The van der Waals surface area contributed by atoms with Gasteiger partial charge in [0.25, 0.3) is 0 Å². The molecule has 0 heterocycles. The van der Waals surface area contributed by atoms with E-state index in [4.69, 9.17) is 5.73 Å². The van der Waals surface area contributed by atoms with E-state index in [-0.39, 0.29) is 12.1 Å². The molecule has 1 atom stereocenters. The highest BCUT2D eigenvalue weighted by Gasteiger charge is 2.29. The lowest BCUT2D eigenvalue weighted by Gasteiger charge is -2.37. The molecule has 3 N–H and O–H groups in total. The summed E-state index contributed by atoms with van der Waals surface area (Å²) in [4.78, 5) is 2.32. The summed E-state index contributed by atoms with van der Waals surface area (Å²) >= 11 is 0. The molecule has 1 aliphatic carbocycles. The van der Waals surface area contributed by atoms with Crippen LogP contribution in [0.2, 0.25) is 0 Å². The third-order valence-electron chi connectivity index (χ3n) is 3.97. The van der Waals surface area contributed by atoms with Crippen LogP contribution in [0.25, 0.3) is 0 Å². The van der Waals surface area contributed by atoms with E-state index in [2.05, 4.69) is 43.1 Å². The van der Waals surface area contributed by atoms with Gasteiger partial charge in [-0.25, -0.2) is 0 Å². The van der Waals surface area contributed by atoms with Crippen LogP contribution in [0.5, 0.6) is 0 Å². The molecular formula is C15H24N2O. The van der Waals surface area contributed by atoms with Crippen molar-refractivity contribution < 1.29 is 5.11 Å². The molecule has 0 aliphatic heterocycles. The molecule has 1 aliphatic rings. The fraction of sp³-hybridized carbons (Fsp3) is 0.600. The molecule has 18 heavy (non-hydrogen) atoms. The van der Waals surface area contributed by atoms with Crippen molar-refractivity contribution in [1.29, 1.82) is 0 Å². The Morgan fingerprint density at radius 1 is 1.33 bits per heavy atom. The summed E-state index contributed by atoms with van der Waals surface area (Å²) in [5.41, 5.74) is 8.48. The van der Waals surface area contributed by atoms with Crippen molar-refractivity contribution in [3.63, 3.8) is 0 Å². The second-order valence-corrected chi connectivity index (χ2v) is 5.59. The quantitative estimate of drug-likeness (QED) is 0.834. The van der Waals surface area contributed by atoms with E-state index in [9.17, 15) is 5.11 Å². The first kappa shape index (κ1) is 13.5. The number of nitrogens with zero attached hydrogens (tertiary/aromatic N) is 1. The lowest BCUT2D eigenvalue weighted by Crippen LogP contribution is -2.40. The number of aryl methyl sites for hydroxylation is 1. The summed E-state index contributed by atoms with van der Waals surface area (Å²) in [5.74, 6) is 0.629. The van der Waals surface area contributed by atoms with E-state index in [1.54, 1.807) is 0 Å². The Bertz CT molecular complexity index is 371. The van der Waals surface area contributed by atoms with Gasteiger partial charge in [0.15, 0.2) is 0 Å². The molecule has 0 aromatic heterocycles. The smallest absolute Gasteiger partial charge is 0.0546 e. The fourth-order valence-corrected chi connectivity index (χ4v) is 2.74. The van der Waals surface area contributed by atoms with E-state index >= 15 is 0 Å². The summed E-state index contributed by atoms with van der Waals surface area (Å²) in [6.07, 6.45) is 1.81. The van der Waals surface area contributed by atoms with Gasteiger partial charge in [-0.05, 0) is 38.3 Å². The topological polar surface area (TPSA) is 49.5 Å². The molecule has 0 amide bonds. The van der Waals surface area contributed by atoms with Gasteiger partial charge >= 0.3 is 0 Å². The maximum atomic E-state index is 9.33. The standard InChI is InChI=1S/C15H24N2O/c1-11-3-5-13(6-4-11)15(9-16)17(2)10-12-7-14(18)8-12/h3-6,12,14-15,18H,7-10,16H2,1-2H3. The minimum atomic E-state index is -0.0703. The SMILES string of the molecule is Cc1ccc(C(CN)N(C)CC2CC(O)C2)cc1. The number of nitrogens with two attached hydrogens (primary N) is 1. The van der Waals surface area contributed by atoms with Gasteiger partial charge in [0, 0.05) is 19.1 Å². The minimum Gasteiger partial charge on any atom is -0.393 e. The molecule has 1 fully saturated rings. The third-order valence-corrected chi connectivity index (χ3v) is 3.97. The zero-order valence-corrected chi connectivity index (χ0v) is 11.3. The van der Waals surface area contributed by atoms with Crippen molar-refractivity contribution >= 4 is 0 Å². The van der Waals surface area contributed by atoms with Crippen molar-refractivity contribution in [2.75, 3.05) is 20.1 Å². The van der Waals surface area contributed by atoms with Gasteiger partial charge in [0.2, 0.25) is 0 Å². The van der Waals surface area contributed by atoms with E-state index in [0.717, 1.165) is 19.4 Å². The minimum absolute atomic E-state index is 0.0703. The predicted octanol–water partition coefficient (Wildman–Crippen LogP) is 1.70. The molecule has 2 rings (SSSR count). The largest absolute Gasteiger partial charge is 0.393 e. The monoisotopic (exact) mass is 248 g/mol. The maximum absolute atomic E-state index is 9.33. The molecule has 0 bridgehead atoms. The van der Waals surface area contributed by atoms with Crippen molar-refractivity contribution in [2.45, 2.75) is 31.9 Å². The van der Waals surface area contributed by atoms with Crippen molar-refractivity contribution in [3.8, 4) is 0 Å². The molecular weight excluding hydrogens is 224 g/mol. The number of benzene rings is 1. The number of likely N-dealkylation sites (N-methyl/N-ethyl adjacent to an activating group) is 1. The van der Waals surface area contributed by atoms with E-state index < -0.39 is 0 Å². The van der Waals surface area contributed by atoms with Gasteiger partial charge in [-0.1, -0.05) is 29.8 Å². The van der Waals surface area contributed by atoms with Crippen LogP contribution in [0.15, 0.2) is 24.3 Å². The second-order valence-electron chi connectivity index (χ2n) is 5.59. The Kier molecular flexibility index (Phi) is 4.38. The lowest BCUT2D eigenvalue weighted by molar-refractivity contribution is 0.0224. The van der Waals surface area contributed by atoms with Gasteiger partial charge in [-0.3, -0.25) is 4.90 Å². The van der Waals surface area contributed by atoms with Gasteiger partial charge in [-0.15, -0.1) is 0 Å². The average Bonchev–Trinajstić information content (AvgIpc) is 2.30. The fourth-order valence-electron chi connectivity index (χ4n) is 2.74. The van der Waals surface area contributed by atoms with E-state index in [1.165, 1.54) is 11.1 Å². The van der Waals surface area contributed by atoms with Crippen LogP contribution in [0.1, 0.15) is 30.0 Å². The molecule has 0 saturated heterocycles. The zero-order valence-electron chi connectivity index (χ0n) is 11.3. The molecule has 1 aromatic rings. The summed E-state index contributed by atoms with van der Waals surface area (Å²) in [5, 5.41) is 9.33. The first-order valence-electron chi connectivity index (χ1n) is 6.75.